The zero-order valence-electron chi connectivity index (χ0n) is 8.08. The van der Waals surface area contributed by atoms with Gasteiger partial charge in [0.2, 0.25) is 0 Å². The van der Waals surface area contributed by atoms with Crippen molar-refractivity contribution in [1.29, 1.82) is 0 Å². The van der Waals surface area contributed by atoms with E-state index in [2.05, 4.69) is 0 Å². The fourth-order valence-electron chi connectivity index (χ4n) is 1.50. The molecule has 0 aromatic carbocycles. The van der Waals surface area contributed by atoms with Crippen LogP contribution < -0.4 is 0 Å². The molecule has 2 rings (SSSR count). The van der Waals surface area contributed by atoms with Crippen LogP contribution in [0.1, 0.15) is 22.5 Å². The second-order valence-electron chi connectivity index (χ2n) is 3.52. The molecule has 0 unspecified atom stereocenters. The van der Waals surface area contributed by atoms with Crippen LogP contribution in [-0.4, -0.2) is 29.3 Å². The molecule has 15 heavy (non-hydrogen) atoms. The molecule has 0 N–H and O–H groups in total. The van der Waals surface area contributed by atoms with Gasteiger partial charge in [0.05, 0.1) is 9.21 Å². The van der Waals surface area contributed by atoms with E-state index in [1.807, 2.05) is 4.90 Å². The number of carbonyl (C=O) groups excluding carboxylic acids is 1. The minimum atomic E-state index is 0.0649. The molecule has 1 amide bonds. The van der Waals surface area contributed by atoms with Crippen molar-refractivity contribution in [1.82, 2.24) is 4.90 Å². The van der Waals surface area contributed by atoms with Crippen molar-refractivity contribution in [3.8, 4) is 0 Å². The van der Waals surface area contributed by atoms with Gasteiger partial charge >= 0.3 is 0 Å². The smallest absolute Gasteiger partial charge is 0.264 e. The molecule has 5 heteroatoms. The summed E-state index contributed by atoms with van der Waals surface area (Å²) in [5.74, 6) is 0.552. The van der Waals surface area contributed by atoms with E-state index in [0.717, 1.165) is 12.8 Å². The molecule has 1 saturated carbocycles. The van der Waals surface area contributed by atoms with Crippen LogP contribution >= 0.6 is 34.5 Å². The lowest BCUT2D eigenvalue weighted by molar-refractivity contribution is 0.0758. The molecule has 82 valence electrons. The summed E-state index contributed by atoms with van der Waals surface area (Å²) in [5, 5.41) is 0. The third-order valence-electron chi connectivity index (χ3n) is 2.36. The Bertz CT molecular complexity index is 362. The fourth-order valence-corrected chi connectivity index (χ4v) is 2.68. The third-order valence-corrected chi connectivity index (χ3v) is 3.75. The number of thiophene rings is 1. The molecular weight excluding hydrogens is 253 g/mol. The predicted molar refractivity (Wildman–Crippen MR) is 64.1 cm³/mol. The molecule has 1 fully saturated rings. The number of halogens is 2. The maximum atomic E-state index is 12.0. The van der Waals surface area contributed by atoms with E-state index in [-0.39, 0.29) is 5.91 Å². The largest absolute Gasteiger partial charge is 0.334 e. The normalized spacial score (nSPS) is 15.3. The summed E-state index contributed by atoms with van der Waals surface area (Å²) < 4.78 is 0.653. The zero-order valence-corrected chi connectivity index (χ0v) is 10.4. The summed E-state index contributed by atoms with van der Waals surface area (Å²) in [7, 11) is 0. The lowest BCUT2D eigenvalue weighted by atomic mass is 10.4. The van der Waals surface area contributed by atoms with E-state index in [1.54, 1.807) is 12.1 Å². The lowest BCUT2D eigenvalue weighted by Gasteiger charge is -2.20. The van der Waals surface area contributed by atoms with Crippen molar-refractivity contribution in [2.75, 3.05) is 12.4 Å². The highest BCUT2D eigenvalue weighted by atomic mass is 35.5. The summed E-state index contributed by atoms with van der Waals surface area (Å²) in [5.41, 5.74) is 0. The number of carbonyl (C=O) groups is 1. The molecule has 1 aliphatic rings. The van der Waals surface area contributed by atoms with E-state index in [1.165, 1.54) is 11.3 Å². The Morgan fingerprint density at radius 1 is 1.53 bits per heavy atom. The average molecular weight is 264 g/mol. The van der Waals surface area contributed by atoms with Gasteiger partial charge in [0.1, 0.15) is 0 Å². The van der Waals surface area contributed by atoms with Gasteiger partial charge in [-0.15, -0.1) is 22.9 Å². The summed E-state index contributed by atoms with van der Waals surface area (Å²) in [4.78, 5) is 14.6. The van der Waals surface area contributed by atoms with Gasteiger partial charge in [-0.2, -0.15) is 0 Å². The first-order valence-electron chi connectivity index (χ1n) is 4.84. The molecule has 0 bridgehead atoms. The van der Waals surface area contributed by atoms with Crippen molar-refractivity contribution in [3.05, 3.63) is 21.3 Å². The fraction of sp³-hybridized carbons (Fsp3) is 0.500. The van der Waals surface area contributed by atoms with Crippen molar-refractivity contribution in [2.45, 2.75) is 18.9 Å². The van der Waals surface area contributed by atoms with Gasteiger partial charge in [-0.05, 0) is 25.0 Å². The number of rotatable bonds is 4. The Kier molecular flexibility index (Phi) is 3.54. The maximum absolute atomic E-state index is 12.0. The summed E-state index contributed by atoms with van der Waals surface area (Å²) in [6.45, 7) is 0.626. The van der Waals surface area contributed by atoms with Crippen molar-refractivity contribution in [3.63, 3.8) is 0 Å². The number of nitrogens with zero attached hydrogens (tertiary/aromatic N) is 1. The van der Waals surface area contributed by atoms with E-state index >= 15 is 0 Å². The van der Waals surface area contributed by atoms with Gasteiger partial charge < -0.3 is 4.90 Å². The Morgan fingerprint density at radius 3 is 2.73 bits per heavy atom. The Morgan fingerprint density at radius 2 is 2.27 bits per heavy atom. The minimum absolute atomic E-state index is 0.0649. The minimum Gasteiger partial charge on any atom is -0.334 e. The number of hydrogen-bond acceptors (Lipinski definition) is 2. The average Bonchev–Trinajstić information content (AvgIpc) is 2.96. The van der Waals surface area contributed by atoms with E-state index in [4.69, 9.17) is 23.2 Å². The van der Waals surface area contributed by atoms with E-state index in [0.29, 0.717) is 27.7 Å². The number of alkyl halides is 1. The highest BCUT2D eigenvalue weighted by Crippen LogP contribution is 2.30. The summed E-state index contributed by atoms with van der Waals surface area (Å²) >= 11 is 12.8. The van der Waals surface area contributed by atoms with Gasteiger partial charge in [-0.1, -0.05) is 11.6 Å². The zero-order chi connectivity index (χ0) is 10.8. The first-order chi connectivity index (χ1) is 7.22. The van der Waals surface area contributed by atoms with Gasteiger partial charge in [-0.25, -0.2) is 0 Å². The van der Waals surface area contributed by atoms with E-state index < -0.39 is 0 Å². The third kappa shape index (κ3) is 2.65. The van der Waals surface area contributed by atoms with E-state index in [9.17, 15) is 4.79 Å². The van der Waals surface area contributed by atoms with Crippen molar-refractivity contribution >= 4 is 40.4 Å². The van der Waals surface area contributed by atoms with Crippen LogP contribution in [0.4, 0.5) is 0 Å². The van der Waals surface area contributed by atoms with Crippen LogP contribution in [0.15, 0.2) is 12.1 Å². The van der Waals surface area contributed by atoms with Crippen LogP contribution in [0, 0.1) is 0 Å². The molecule has 0 saturated heterocycles. The summed E-state index contributed by atoms with van der Waals surface area (Å²) in [6, 6.07) is 3.93. The SMILES string of the molecule is O=C(c1ccc(Cl)s1)N(CCCl)C1CC1. The van der Waals surface area contributed by atoms with Crippen molar-refractivity contribution < 1.29 is 4.79 Å². The number of hydrogen-bond donors (Lipinski definition) is 0. The molecule has 1 aromatic rings. The maximum Gasteiger partial charge on any atom is 0.264 e. The van der Waals surface area contributed by atoms with Crippen LogP contribution in [0.3, 0.4) is 0 Å². The molecule has 0 spiro atoms. The van der Waals surface area contributed by atoms with Crippen LogP contribution in [0.25, 0.3) is 0 Å². The Balaban J connectivity index is 2.10. The Hall–Kier alpha value is -0.250. The highest BCUT2D eigenvalue weighted by Gasteiger charge is 2.32. The molecule has 0 aliphatic heterocycles. The van der Waals surface area contributed by atoms with Crippen molar-refractivity contribution in [2.24, 2.45) is 0 Å². The lowest BCUT2D eigenvalue weighted by Crippen LogP contribution is -2.34. The molecule has 1 aliphatic carbocycles. The number of amides is 1. The molecule has 0 atom stereocenters. The van der Waals surface area contributed by atoms with Crippen LogP contribution in [0.2, 0.25) is 4.34 Å². The highest BCUT2D eigenvalue weighted by molar-refractivity contribution is 7.17. The molecule has 0 radical (unpaired) electrons. The molecule has 1 heterocycles. The van der Waals surface area contributed by atoms with Gasteiger partial charge in [0, 0.05) is 18.5 Å². The second kappa shape index (κ2) is 4.73. The molecule has 1 aromatic heterocycles. The monoisotopic (exact) mass is 263 g/mol. The molecule has 2 nitrogen and oxygen atoms in total. The topological polar surface area (TPSA) is 20.3 Å². The van der Waals surface area contributed by atoms with Crippen LogP contribution in [-0.2, 0) is 0 Å². The first-order valence-corrected chi connectivity index (χ1v) is 6.57. The Labute approximate surface area is 103 Å². The van der Waals surface area contributed by atoms with Gasteiger partial charge in [0.25, 0.3) is 5.91 Å². The predicted octanol–water partition coefficient (Wildman–Crippen LogP) is 3.24. The quantitative estimate of drug-likeness (QED) is 0.764. The summed E-state index contributed by atoms with van der Waals surface area (Å²) in [6.07, 6.45) is 2.20. The second-order valence-corrected chi connectivity index (χ2v) is 5.62. The first kappa shape index (κ1) is 11.2. The van der Waals surface area contributed by atoms with Gasteiger partial charge in [0.15, 0.2) is 0 Å². The van der Waals surface area contributed by atoms with Gasteiger partial charge in [-0.3, -0.25) is 4.79 Å². The standard InChI is InChI=1S/C10H11Cl2NOS/c11-5-6-13(7-1-2-7)10(14)8-3-4-9(12)15-8/h3-4,7H,1-2,5-6H2. The molecular formula is C10H11Cl2NOS. The van der Waals surface area contributed by atoms with Crippen LogP contribution in [0.5, 0.6) is 0 Å².